The summed E-state index contributed by atoms with van der Waals surface area (Å²) in [5, 5.41) is 3.70. The van der Waals surface area contributed by atoms with Crippen LogP contribution >= 0.6 is 0 Å². The van der Waals surface area contributed by atoms with Crippen LogP contribution in [0.2, 0.25) is 0 Å². The van der Waals surface area contributed by atoms with Crippen LogP contribution in [-0.2, 0) is 5.54 Å². The number of rotatable bonds is 2. The molecule has 2 unspecified atom stereocenters. The summed E-state index contributed by atoms with van der Waals surface area (Å²) in [6.07, 6.45) is -4.63. The number of aromatic nitrogens is 2. The van der Waals surface area contributed by atoms with Gasteiger partial charge in [0.2, 0.25) is 0 Å². The highest BCUT2D eigenvalue weighted by Crippen LogP contribution is 2.36. The van der Waals surface area contributed by atoms with E-state index in [1.54, 1.807) is 0 Å². The van der Waals surface area contributed by atoms with Crippen molar-refractivity contribution in [2.24, 2.45) is 5.73 Å². The lowest BCUT2D eigenvalue weighted by molar-refractivity contribution is -0.190. The zero-order valence-corrected chi connectivity index (χ0v) is 11.0. The zero-order chi connectivity index (χ0) is 14.5. The van der Waals surface area contributed by atoms with Crippen LogP contribution in [0.15, 0.2) is 4.52 Å². The molecule has 2 atom stereocenters. The zero-order valence-electron chi connectivity index (χ0n) is 11.0. The predicted octanol–water partition coefficient (Wildman–Crippen LogP) is 0.478. The Bertz CT molecular complexity index is 492. The molecule has 9 heteroatoms. The predicted molar refractivity (Wildman–Crippen MR) is 62.6 cm³/mol. The van der Waals surface area contributed by atoms with Crippen LogP contribution in [0.5, 0.6) is 0 Å². The van der Waals surface area contributed by atoms with Crippen molar-refractivity contribution in [3.63, 3.8) is 0 Å². The first-order chi connectivity index (χ1) is 9.29. The van der Waals surface area contributed by atoms with Gasteiger partial charge in [-0.1, -0.05) is 5.16 Å². The van der Waals surface area contributed by atoms with Gasteiger partial charge in [-0.05, 0) is 6.92 Å². The van der Waals surface area contributed by atoms with Crippen LogP contribution in [0, 0.1) is 0 Å². The first kappa shape index (κ1) is 13.8. The normalized spacial score (nSPS) is 33.1. The summed E-state index contributed by atoms with van der Waals surface area (Å²) in [6, 6.07) is -0.112. The molecule has 0 aromatic carbocycles. The minimum atomic E-state index is -4.63. The van der Waals surface area contributed by atoms with Crippen LogP contribution in [0.4, 0.5) is 13.2 Å². The van der Waals surface area contributed by atoms with Crippen molar-refractivity contribution in [2.75, 3.05) is 32.7 Å². The maximum Gasteiger partial charge on any atom is 0.415 e. The van der Waals surface area contributed by atoms with Crippen molar-refractivity contribution < 1.29 is 17.7 Å². The summed E-state index contributed by atoms with van der Waals surface area (Å²) in [5.74, 6) is -0.303. The first-order valence-electron chi connectivity index (χ1n) is 6.45. The summed E-state index contributed by atoms with van der Waals surface area (Å²) in [5.41, 5.74) is 2.67. The van der Waals surface area contributed by atoms with Crippen LogP contribution in [0.3, 0.4) is 0 Å². The average molecular weight is 291 g/mol. The lowest BCUT2D eigenvalue weighted by Gasteiger charge is -2.46. The van der Waals surface area contributed by atoms with Gasteiger partial charge in [-0.25, -0.2) is 0 Å². The first-order valence-corrected chi connectivity index (χ1v) is 6.45. The second kappa shape index (κ2) is 4.40. The molecule has 2 N–H and O–H groups in total. The van der Waals surface area contributed by atoms with Crippen molar-refractivity contribution >= 4 is 0 Å². The Labute approximate surface area is 113 Å². The summed E-state index contributed by atoms with van der Waals surface area (Å²) in [7, 11) is 0. The standard InChI is InChI=1S/C11H16F3N5O/c1-10(15,11(12,13)14)9-16-8(17-20-9)7-6-18-2-4-19(7)5-3-18/h7H,2-6,15H2,1H3. The minimum absolute atomic E-state index is 0.112. The Kier molecular flexibility index (Phi) is 3.03. The number of piperazine rings is 3. The molecule has 3 saturated heterocycles. The molecular formula is C11H16F3N5O. The Morgan fingerprint density at radius 1 is 1.25 bits per heavy atom. The maximum absolute atomic E-state index is 12.8. The van der Waals surface area contributed by atoms with E-state index in [4.69, 9.17) is 10.3 Å². The SMILES string of the molecule is CC(N)(c1nc(C2CN3CCN2CC3)no1)C(F)(F)F. The second-order valence-corrected chi connectivity index (χ2v) is 5.51. The number of halogens is 3. The Morgan fingerprint density at radius 2 is 1.90 bits per heavy atom. The molecule has 4 heterocycles. The highest BCUT2D eigenvalue weighted by Gasteiger charge is 2.54. The Balaban J connectivity index is 1.84. The molecule has 3 aliphatic rings. The van der Waals surface area contributed by atoms with Gasteiger partial charge in [-0.3, -0.25) is 9.80 Å². The van der Waals surface area contributed by atoms with Gasteiger partial charge >= 0.3 is 6.18 Å². The lowest BCUT2D eigenvalue weighted by atomic mass is 10.0. The van der Waals surface area contributed by atoms with Gasteiger partial charge in [0.1, 0.15) is 0 Å². The van der Waals surface area contributed by atoms with Crippen molar-refractivity contribution in [3.05, 3.63) is 11.7 Å². The maximum atomic E-state index is 12.8. The van der Waals surface area contributed by atoms with Crippen LogP contribution in [0.25, 0.3) is 0 Å². The molecule has 20 heavy (non-hydrogen) atoms. The molecular weight excluding hydrogens is 275 g/mol. The number of hydrogen-bond acceptors (Lipinski definition) is 6. The van der Waals surface area contributed by atoms with Gasteiger partial charge in [-0.2, -0.15) is 18.2 Å². The molecule has 0 aliphatic carbocycles. The summed E-state index contributed by atoms with van der Waals surface area (Å²) in [4.78, 5) is 8.30. The number of alkyl halides is 3. The molecule has 4 rings (SSSR count). The molecule has 0 spiro atoms. The number of fused-ring (bicyclic) bond motifs is 3. The van der Waals surface area contributed by atoms with Gasteiger partial charge in [0, 0.05) is 32.7 Å². The molecule has 2 bridgehead atoms. The third-order valence-electron chi connectivity index (χ3n) is 4.05. The molecule has 3 fully saturated rings. The third kappa shape index (κ3) is 2.09. The van der Waals surface area contributed by atoms with Gasteiger partial charge in [0.25, 0.3) is 5.89 Å². The third-order valence-corrected chi connectivity index (χ3v) is 4.05. The van der Waals surface area contributed by atoms with E-state index in [9.17, 15) is 13.2 Å². The number of hydrogen-bond donors (Lipinski definition) is 1. The van der Waals surface area contributed by atoms with E-state index < -0.39 is 17.6 Å². The van der Waals surface area contributed by atoms with Gasteiger partial charge < -0.3 is 10.3 Å². The fourth-order valence-corrected chi connectivity index (χ4v) is 2.56. The lowest BCUT2D eigenvalue weighted by Crippen LogP contribution is -2.57. The van der Waals surface area contributed by atoms with Crippen LogP contribution in [0.1, 0.15) is 24.7 Å². The van der Waals surface area contributed by atoms with Gasteiger partial charge in [0.05, 0.1) is 6.04 Å². The van der Waals surface area contributed by atoms with E-state index in [1.165, 1.54) is 0 Å². The fraction of sp³-hybridized carbons (Fsp3) is 0.818. The van der Waals surface area contributed by atoms with Crippen LogP contribution < -0.4 is 5.73 Å². The highest BCUT2D eigenvalue weighted by atomic mass is 19.4. The molecule has 6 nitrogen and oxygen atoms in total. The van der Waals surface area contributed by atoms with Crippen molar-refractivity contribution in [2.45, 2.75) is 24.7 Å². The minimum Gasteiger partial charge on any atom is -0.337 e. The molecule has 112 valence electrons. The number of nitrogens with two attached hydrogens (primary N) is 1. The number of nitrogens with zero attached hydrogens (tertiary/aromatic N) is 4. The average Bonchev–Trinajstić information content (AvgIpc) is 2.88. The van der Waals surface area contributed by atoms with E-state index in [0.29, 0.717) is 6.54 Å². The molecule has 0 radical (unpaired) electrons. The van der Waals surface area contributed by atoms with Crippen molar-refractivity contribution in [3.8, 4) is 0 Å². The van der Waals surface area contributed by atoms with E-state index in [1.807, 2.05) is 0 Å². The smallest absolute Gasteiger partial charge is 0.337 e. The van der Waals surface area contributed by atoms with E-state index in [-0.39, 0.29) is 11.9 Å². The van der Waals surface area contributed by atoms with Crippen LogP contribution in [-0.4, -0.2) is 58.8 Å². The Morgan fingerprint density at radius 3 is 2.40 bits per heavy atom. The molecule has 0 saturated carbocycles. The Hall–Kier alpha value is -1.19. The summed E-state index contributed by atoms with van der Waals surface area (Å²) < 4.78 is 43.3. The van der Waals surface area contributed by atoms with E-state index >= 15 is 0 Å². The molecule has 0 amide bonds. The van der Waals surface area contributed by atoms with Crippen molar-refractivity contribution in [1.82, 2.24) is 19.9 Å². The van der Waals surface area contributed by atoms with E-state index in [2.05, 4.69) is 19.9 Å². The molecule has 1 aromatic rings. The quantitative estimate of drug-likeness (QED) is 0.854. The highest BCUT2D eigenvalue weighted by molar-refractivity contribution is 5.08. The summed E-state index contributed by atoms with van der Waals surface area (Å²) in [6.45, 7) is 5.23. The topological polar surface area (TPSA) is 71.4 Å². The molecule has 3 aliphatic heterocycles. The van der Waals surface area contributed by atoms with Gasteiger partial charge in [-0.15, -0.1) is 0 Å². The second-order valence-electron chi connectivity index (χ2n) is 5.51. The van der Waals surface area contributed by atoms with Gasteiger partial charge in [0.15, 0.2) is 11.4 Å². The molecule has 1 aromatic heterocycles. The van der Waals surface area contributed by atoms with E-state index in [0.717, 1.165) is 33.1 Å². The largest absolute Gasteiger partial charge is 0.415 e. The monoisotopic (exact) mass is 291 g/mol. The van der Waals surface area contributed by atoms with Crippen molar-refractivity contribution in [1.29, 1.82) is 0 Å². The summed E-state index contributed by atoms with van der Waals surface area (Å²) >= 11 is 0. The fourth-order valence-electron chi connectivity index (χ4n) is 2.56.